The van der Waals surface area contributed by atoms with Crippen LogP contribution in [0.15, 0.2) is 12.3 Å². The van der Waals surface area contributed by atoms with Crippen molar-refractivity contribution in [2.24, 2.45) is 0 Å². The summed E-state index contributed by atoms with van der Waals surface area (Å²) in [5.74, 6) is 0. The minimum atomic E-state index is -4.77. The molecule has 0 aliphatic carbocycles. The van der Waals surface area contributed by atoms with Gasteiger partial charge in [0.05, 0.1) is 0 Å². The average Bonchev–Trinajstić information content (AvgIpc) is 2.48. The van der Waals surface area contributed by atoms with Crippen molar-refractivity contribution in [2.45, 2.75) is 32.6 Å². The van der Waals surface area contributed by atoms with E-state index in [2.05, 4.69) is 5.10 Å². The maximum atomic E-state index is 12.0. The third-order valence-corrected chi connectivity index (χ3v) is 2.15. The van der Waals surface area contributed by atoms with Gasteiger partial charge < -0.3 is 12.9 Å². The van der Waals surface area contributed by atoms with Crippen molar-refractivity contribution < 1.29 is 64.3 Å². The third-order valence-electron chi connectivity index (χ3n) is 2.15. The van der Waals surface area contributed by atoms with Crippen molar-refractivity contribution >= 4 is 6.98 Å². The second-order valence-electron chi connectivity index (χ2n) is 3.46. The average molecular weight is 244 g/mol. The van der Waals surface area contributed by atoms with Gasteiger partial charge >= 0.3 is 58.4 Å². The van der Waals surface area contributed by atoms with Crippen LogP contribution >= 0.6 is 0 Å². The third kappa shape index (κ3) is 5.53. The predicted molar refractivity (Wildman–Crippen MR) is 50.0 cm³/mol. The summed E-state index contributed by atoms with van der Waals surface area (Å²) in [6, 6.07) is 1.59. The molecule has 1 heterocycles. The minimum Gasteiger partial charge on any atom is -0.449 e. The topological polar surface area (TPSA) is 17.8 Å². The summed E-state index contributed by atoms with van der Waals surface area (Å²) >= 11 is 0. The molecule has 15 heavy (non-hydrogen) atoms. The van der Waals surface area contributed by atoms with Gasteiger partial charge in [0.25, 0.3) is 0 Å². The molecule has 1 unspecified atom stereocenters. The summed E-state index contributed by atoms with van der Waals surface area (Å²) in [5, 5.41) is 3.88. The number of hydrogen-bond acceptors (Lipinski definition) is 1. The Labute approximate surface area is 130 Å². The van der Waals surface area contributed by atoms with Gasteiger partial charge in [0.15, 0.2) is 0 Å². The van der Waals surface area contributed by atoms with Gasteiger partial charge in [0.1, 0.15) is 0 Å². The molecule has 0 aliphatic rings. The van der Waals surface area contributed by atoms with Crippen molar-refractivity contribution in [3.05, 3.63) is 18.0 Å². The van der Waals surface area contributed by atoms with Crippen molar-refractivity contribution in [3.8, 4) is 0 Å². The maximum Gasteiger partial charge on any atom is 1.00 e. The zero-order valence-corrected chi connectivity index (χ0v) is 12.4. The first-order valence-corrected chi connectivity index (χ1v) is 4.67. The molecular weight excluding hydrogens is 231 g/mol. The van der Waals surface area contributed by atoms with Crippen LogP contribution in [-0.4, -0.2) is 16.8 Å². The van der Waals surface area contributed by atoms with E-state index in [0.717, 1.165) is 6.42 Å². The normalized spacial score (nSPS) is 13.4. The number of rotatable bonds is 4. The van der Waals surface area contributed by atoms with Gasteiger partial charge in [0.2, 0.25) is 0 Å². The first-order valence-electron chi connectivity index (χ1n) is 4.67. The molecule has 2 nitrogen and oxygen atoms in total. The van der Waals surface area contributed by atoms with Gasteiger partial charge in [-0.1, -0.05) is 6.92 Å². The molecule has 7 heteroatoms. The van der Waals surface area contributed by atoms with Crippen LogP contribution in [0.5, 0.6) is 0 Å². The van der Waals surface area contributed by atoms with Crippen LogP contribution in [0.3, 0.4) is 0 Å². The molecule has 0 N–H and O–H groups in total. The number of halogens is 3. The Balaban J connectivity index is 0.00000196. The fourth-order valence-electron chi connectivity index (χ4n) is 1.16. The molecule has 80 valence electrons. The van der Waals surface area contributed by atoms with Gasteiger partial charge in [-0.3, -0.25) is 4.68 Å². The Morgan fingerprint density at radius 1 is 1.47 bits per heavy atom. The molecule has 0 saturated heterocycles. The molecule has 0 bridgehead atoms. The Hall–Kier alpha value is 0.701. The number of aromatic nitrogens is 2. The molecule has 0 radical (unpaired) electrons. The summed E-state index contributed by atoms with van der Waals surface area (Å²) < 4.78 is 37.7. The Kier molecular flexibility index (Phi) is 6.74. The molecule has 0 aliphatic heterocycles. The van der Waals surface area contributed by atoms with Crippen molar-refractivity contribution in [1.82, 2.24) is 9.78 Å². The van der Waals surface area contributed by atoms with Crippen molar-refractivity contribution in [1.29, 1.82) is 0 Å². The van der Waals surface area contributed by atoms with Gasteiger partial charge in [0, 0.05) is 17.9 Å². The monoisotopic (exact) mass is 244 g/mol. The smallest absolute Gasteiger partial charge is 0.449 e. The fraction of sp³-hybridized carbons (Fsp3) is 0.625. The summed E-state index contributed by atoms with van der Waals surface area (Å²) in [4.78, 5) is 0. The van der Waals surface area contributed by atoms with E-state index in [1.54, 1.807) is 10.9 Å². The van der Waals surface area contributed by atoms with Crippen LogP contribution in [0, 0.1) is 0 Å². The fourth-order valence-corrected chi connectivity index (χ4v) is 1.16. The van der Waals surface area contributed by atoms with Crippen molar-refractivity contribution in [3.63, 3.8) is 0 Å². The second kappa shape index (κ2) is 6.44. The first-order chi connectivity index (χ1) is 6.42. The maximum absolute atomic E-state index is 12.0. The van der Waals surface area contributed by atoms with E-state index < -0.39 is 13.3 Å². The molecule has 0 amide bonds. The molecule has 1 rings (SSSR count). The van der Waals surface area contributed by atoms with Gasteiger partial charge in [-0.05, 0) is 25.7 Å². The van der Waals surface area contributed by atoms with Gasteiger partial charge in [-0.25, -0.2) is 0 Å². The predicted octanol–water partition coefficient (Wildman–Crippen LogP) is -0.213. The second-order valence-corrected chi connectivity index (χ2v) is 3.46. The van der Waals surface area contributed by atoms with E-state index in [-0.39, 0.29) is 63.1 Å². The number of hydrogen-bond donors (Lipinski definition) is 0. The molecule has 0 fully saturated rings. The molecule has 0 saturated carbocycles. The molecule has 1 atom stereocenters. The molecular formula is C8H13BF3KN2. The SMILES string of the molecule is CCC(C)n1ccc(C[B-](F)(F)F)n1.[K+]. The van der Waals surface area contributed by atoms with Crippen LogP contribution in [0.4, 0.5) is 12.9 Å². The molecule has 0 aromatic carbocycles. The Morgan fingerprint density at radius 3 is 2.53 bits per heavy atom. The largest absolute Gasteiger partial charge is 1.00 e. The summed E-state index contributed by atoms with van der Waals surface area (Å²) in [6.45, 7) is -0.874. The van der Waals surface area contributed by atoms with Crippen molar-refractivity contribution in [2.75, 3.05) is 0 Å². The van der Waals surface area contributed by atoms with Gasteiger partial charge in [-0.2, -0.15) is 5.10 Å². The van der Waals surface area contributed by atoms with Crippen LogP contribution in [0.2, 0.25) is 0 Å². The first kappa shape index (κ1) is 15.7. The Morgan fingerprint density at radius 2 is 2.07 bits per heavy atom. The Bertz CT molecular complexity index is 300. The van der Waals surface area contributed by atoms with E-state index in [9.17, 15) is 12.9 Å². The van der Waals surface area contributed by atoms with Crippen LogP contribution in [0.25, 0.3) is 0 Å². The zero-order chi connectivity index (χ0) is 10.8. The minimum absolute atomic E-state index is 0. The van der Waals surface area contributed by atoms with Crippen LogP contribution in [0.1, 0.15) is 32.0 Å². The molecule has 0 spiro atoms. The van der Waals surface area contributed by atoms with E-state index in [1.165, 1.54) is 6.07 Å². The molecule has 1 aromatic rings. The standard InChI is InChI=1S/C8H13BF3N2.K/c1-3-7(2)14-5-4-8(13-14)6-9(10,11)12;/h4-5,7H,3,6H2,1-2H3;/q-1;+1. The van der Waals surface area contributed by atoms with E-state index in [0.29, 0.717) is 0 Å². The van der Waals surface area contributed by atoms with Crippen LogP contribution < -0.4 is 51.4 Å². The summed E-state index contributed by atoms with van der Waals surface area (Å²) in [6.07, 6.45) is 1.58. The number of nitrogens with zero attached hydrogens (tertiary/aromatic N) is 2. The quantitative estimate of drug-likeness (QED) is 0.670. The van der Waals surface area contributed by atoms with E-state index >= 15 is 0 Å². The van der Waals surface area contributed by atoms with E-state index in [1.807, 2.05) is 13.8 Å². The van der Waals surface area contributed by atoms with E-state index in [4.69, 9.17) is 0 Å². The zero-order valence-electron chi connectivity index (χ0n) is 9.25. The van der Waals surface area contributed by atoms with Gasteiger partial charge in [-0.15, -0.1) is 0 Å². The summed E-state index contributed by atoms with van der Waals surface area (Å²) in [5.41, 5.74) is 0.109. The van der Waals surface area contributed by atoms with Crippen LogP contribution in [-0.2, 0) is 6.32 Å². The molecule has 1 aromatic heterocycles. The summed E-state index contributed by atoms with van der Waals surface area (Å²) in [7, 11) is 0.